The largest absolute Gasteiger partial charge is 0.367 e. The van der Waals surface area contributed by atoms with Gasteiger partial charge in [0.15, 0.2) is 0 Å². The monoisotopic (exact) mass is 222 g/mol. The molecule has 6 heteroatoms. The molecule has 2 aromatic rings. The van der Waals surface area contributed by atoms with E-state index < -0.39 is 0 Å². The van der Waals surface area contributed by atoms with Gasteiger partial charge in [-0.1, -0.05) is 30.3 Å². The van der Waals surface area contributed by atoms with Crippen LogP contribution >= 0.6 is 11.5 Å². The molecule has 0 bridgehead atoms. The molecule has 1 heterocycles. The van der Waals surface area contributed by atoms with Crippen LogP contribution < -0.4 is 11.2 Å². The molecule has 0 radical (unpaired) electrons. The molecule has 0 fully saturated rings. The Kier molecular flexibility index (Phi) is 3.11. The molecule has 5 nitrogen and oxygen atoms in total. The molecule has 0 atom stereocenters. The summed E-state index contributed by atoms with van der Waals surface area (Å²) in [6.45, 7) is 0.473. The highest BCUT2D eigenvalue weighted by molar-refractivity contribution is 7.09. The van der Waals surface area contributed by atoms with E-state index in [9.17, 15) is 0 Å². The van der Waals surface area contributed by atoms with Gasteiger partial charge in [-0.05, 0) is 5.56 Å². The third kappa shape index (κ3) is 2.90. The molecule has 0 unspecified atom stereocenters. The second kappa shape index (κ2) is 4.72. The zero-order valence-electron chi connectivity index (χ0n) is 7.88. The lowest BCUT2D eigenvalue weighted by atomic mass is 10.2. The molecule has 3 N–H and O–H groups in total. The summed E-state index contributed by atoms with van der Waals surface area (Å²) in [7, 11) is 0. The van der Waals surface area contributed by atoms with Crippen LogP contribution in [0.25, 0.3) is 0 Å². The van der Waals surface area contributed by atoms with E-state index in [0.717, 1.165) is 17.1 Å². The lowest BCUT2D eigenvalue weighted by Crippen LogP contribution is -2.01. The van der Waals surface area contributed by atoms with Crippen LogP contribution in [0.2, 0.25) is 0 Å². The molecule has 1 aromatic carbocycles. The van der Waals surface area contributed by atoms with Crippen molar-refractivity contribution >= 4 is 22.6 Å². The summed E-state index contributed by atoms with van der Waals surface area (Å²) in [5, 5.41) is 0.559. The number of aromatic nitrogens is 2. The van der Waals surface area contributed by atoms with E-state index in [1.165, 1.54) is 0 Å². The number of nitrogens with zero attached hydrogens (tertiary/aromatic N) is 2. The van der Waals surface area contributed by atoms with Gasteiger partial charge in [0, 0.05) is 11.5 Å². The zero-order chi connectivity index (χ0) is 10.5. The maximum absolute atomic E-state index is 5.35. The molecule has 15 heavy (non-hydrogen) atoms. The van der Waals surface area contributed by atoms with E-state index in [0.29, 0.717) is 11.7 Å². The second-order valence-corrected chi connectivity index (χ2v) is 3.59. The van der Waals surface area contributed by atoms with Gasteiger partial charge >= 0.3 is 0 Å². The average molecular weight is 222 g/mol. The van der Waals surface area contributed by atoms with Gasteiger partial charge in [0.25, 0.3) is 0 Å². The molecule has 0 aliphatic rings. The number of anilines is 2. The molecule has 2 rings (SSSR count). The second-order valence-electron chi connectivity index (χ2n) is 2.83. The van der Waals surface area contributed by atoms with Crippen molar-refractivity contribution in [3.8, 4) is 0 Å². The Labute approximate surface area is 91.0 Å². The van der Waals surface area contributed by atoms with Crippen LogP contribution in [0.3, 0.4) is 0 Å². The Morgan fingerprint density at radius 1 is 1.33 bits per heavy atom. The van der Waals surface area contributed by atoms with Crippen LogP contribution in [0.4, 0.5) is 11.1 Å². The van der Waals surface area contributed by atoms with E-state index in [1.807, 2.05) is 30.3 Å². The molecule has 1 aromatic heterocycles. The fourth-order valence-electron chi connectivity index (χ4n) is 1.03. The molecule has 0 saturated heterocycles. The summed E-state index contributed by atoms with van der Waals surface area (Å²) in [6, 6.07) is 9.85. The van der Waals surface area contributed by atoms with Crippen molar-refractivity contribution in [2.75, 3.05) is 11.2 Å². The maximum Gasteiger partial charge on any atom is 0.233 e. The van der Waals surface area contributed by atoms with Gasteiger partial charge in [0.1, 0.15) is 0 Å². The van der Waals surface area contributed by atoms with Gasteiger partial charge < -0.3 is 5.73 Å². The SMILES string of the molecule is Nc1nsc(NOCc2ccccc2)n1. The Bertz CT molecular complexity index is 417. The van der Waals surface area contributed by atoms with Crippen molar-refractivity contribution in [1.82, 2.24) is 9.36 Å². The molecule has 0 aliphatic heterocycles. The molecule has 0 amide bonds. The minimum absolute atomic E-state index is 0.255. The Balaban J connectivity index is 1.80. The van der Waals surface area contributed by atoms with Gasteiger partial charge in [0.05, 0.1) is 6.61 Å². The third-order valence-corrected chi connectivity index (χ3v) is 2.31. The summed E-state index contributed by atoms with van der Waals surface area (Å²) in [4.78, 5) is 9.11. The van der Waals surface area contributed by atoms with Crippen molar-refractivity contribution in [2.45, 2.75) is 6.61 Å². The van der Waals surface area contributed by atoms with Gasteiger partial charge in [-0.25, -0.2) is 5.48 Å². The molecule has 0 spiro atoms. The highest BCUT2D eigenvalue weighted by atomic mass is 32.1. The Hall–Kier alpha value is -1.66. The summed E-state index contributed by atoms with van der Waals surface area (Å²) in [5.41, 5.74) is 9.12. The van der Waals surface area contributed by atoms with Crippen molar-refractivity contribution in [1.29, 1.82) is 0 Å². The first-order valence-electron chi connectivity index (χ1n) is 4.35. The summed E-state index contributed by atoms with van der Waals surface area (Å²) < 4.78 is 3.81. The van der Waals surface area contributed by atoms with Crippen molar-refractivity contribution in [3.63, 3.8) is 0 Å². The quantitative estimate of drug-likeness (QED) is 0.770. The topological polar surface area (TPSA) is 73.1 Å². The summed E-state index contributed by atoms with van der Waals surface area (Å²) >= 11 is 1.16. The van der Waals surface area contributed by atoms with Crippen molar-refractivity contribution in [2.24, 2.45) is 0 Å². The number of nitrogen functional groups attached to an aromatic ring is 1. The number of rotatable bonds is 4. The highest BCUT2D eigenvalue weighted by Crippen LogP contribution is 2.12. The lowest BCUT2D eigenvalue weighted by Gasteiger charge is -2.02. The number of hydrogen-bond donors (Lipinski definition) is 2. The lowest BCUT2D eigenvalue weighted by molar-refractivity contribution is 0.180. The average Bonchev–Trinajstić information content (AvgIpc) is 2.66. The number of nitrogens with one attached hydrogen (secondary N) is 1. The van der Waals surface area contributed by atoms with Gasteiger partial charge in [-0.15, -0.1) is 0 Å². The molecular weight excluding hydrogens is 212 g/mol. The summed E-state index contributed by atoms with van der Waals surface area (Å²) in [5.74, 6) is 0.255. The zero-order valence-corrected chi connectivity index (χ0v) is 8.70. The first-order chi connectivity index (χ1) is 7.34. The number of nitrogens with two attached hydrogens (primary N) is 1. The van der Waals surface area contributed by atoms with Gasteiger partial charge in [0.2, 0.25) is 11.1 Å². The molecule has 0 aliphatic carbocycles. The molecular formula is C9H10N4OS. The van der Waals surface area contributed by atoms with Gasteiger partial charge in [-0.2, -0.15) is 9.36 Å². The smallest absolute Gasteiger partial charge is 0.233 e. The highest BCUT2D eigenvalue weighted by Gasteiger charge is 1.99. The minimum Gasteiger partial charge on any atom is -0.367 e. The van der Waals surface area contributed by atoms with E-state index in [-0.39, 0.29) is 5.95 Å². The normalized spacial score (nSPS) is 10.1. The van der Waals surface area contributed by atoms with Crippen LogP contribution in [0.15, 0.2) is 30.3 Å². The predicted molar refractivity (Wildman–Crippen MR) is 59.2 cm³/mol. The Morgan fingerprint density at radius 2 is 2.13 bits per heavy atom. The van der Waals surface area contributed by atoms with Crippen LogP contribution in [0, 0.1) is 0 Å². The predicted octanol–water partition coefficient (Wildman–Crippen LogP) is 1.66. The van der Waals surface area contributed by atoms with Crippen LogP contribution in [0.5, 0.6) is 0 Å². The Morgan fingerprint density at radius 3 is 2.80 bits per heavy atom. The standard InChI is InChI=1S/C9H10N4OS/c10-8-11-9(15-13-8)12-14-6-7-4-2-1-3-5-7/h1-5H,6H2,(H3,10,11,12,13). The van der Waals surface area contributed by atoms with E-state index >= 15 is 0 Å². The molecule has 78 valence electrons. The van der Waals surface area contributed by atoms with Crippen molar-refractivity contribution < 1.29 is 4.84 Å². The first kappa shape index (κ1) is 9.88. The maximum atomic E-state index is 5.35. The number of hydrogen-bond acceptors (Lipinski definition) is 6. The summed E-state index contributed by atoms with van der Waals surface area (Å²) in [6.07, 6.45) is 0. The fraction of sp³-hybridized carbons (Fsp3) is 0.111. The number of benzene rings is 1. The van der Waals surface area contributed by atoms with Crippen LogP contribution in [-0.2, 0) is 11.4 Å². The minimum atomic E-state index is 0.255. The van der Waals surface area contributed by atoms with Gasteiger partial charge in [-0.3, -0.25) is 4.84 Å². The van der Waals surface area contributed by atoms with Crippen LogP contribution in [-0.4, -0.2) is 9.36 Å². The van der Waals surface area contributed by atoms with E-state index in [1.54, 1.807) is 0 Å². The first-order valence-corrected chi connectivity index (χ1v) is 5.13. The van der Waals surface area contributed by atoms with Crippen LogP contribution in [0.1, 0.15) is 5.56 Å². The van der Waals surface area contributed by atoms with E-state index in [2.05, 4.69) is 14.8 Å². The molecule has 0 saturated carbocycles. The van der Waals surface area contributed by atoms with Crippen molar-refractivity contribution in [3.05, 3.63) is 35.9 Å². The fourth-order valence-corrected chi connectivity index (χ4v) is 1.48. The van der Waals surface area contributed by atoms with E-state index in [4.69, 9.17) is 10.6 Å². The third-order valence-electron chi connectivity index (χ3n) is 1.68.